The number of nitrogens with zero attached hydrogens (tertiary/aromatic N) is 1. The van der Waals surface area contributed by atoms with E-state index in [0.717, 1.165) is 0 Å². The van der Waals surface area contributed by atoms with Crippen LogP contribution < -0.4 is 5.14 Å². The molecule has 0 bridgehead atoms. The molecule has 13 heavy (non-hydrogen) atoms. The third kappa shape index (κ3) is 2.28. The van der Waals surface area contributed by atoms with Crippen LogP contribution in [0.3, 0.4) is 0 Å². The average molecular weight is 261 g/mol. The van der Waals surface area contributed by atoms with Crippen LogP contribution in [0.5, 0.6) is 0 Å². The molecule has 1 aromatic rings. The monoisotopic (exact) mass is 260 g/mol. The van der Waals surface area contributed by atoms with Gasteiger partial charge in [-0.05, 0) is 34.1 Å². The number of benzene rings is 1. The Balaban J connectivity index is 3.36. The maximum absolute atomic E-state index is 10.9. The predicted octanol–water partition coefficient (Wildman–Crippen LogP) is 0.968. The fourth-order valence-electron chi connectivity index (χ4n) is 0.763. The van der Waals surface area contributed by atoms with Gasteiger partial charge in [0.25, 0.3) is 0 Å². The normalized spacial score (nSPS) is 10.8. The molecule has 0 aliphatic carbocycles. The number of hydrogen-bond acceptors (Lipinski definition) is 3. The van der Waals surface area contributed by atoms with E-state index in [1.54, 1.807) is 0 Å². The third-order valence-corrected chi connectivity index (χ3v) is 2.96. The minimum atomic E-state index is -3.69. The van der Waals surface area contributed by atoms with Crippen molar-refractivity contribution in [3.63, 3.8) is 0 Å². The first-order chi connectivity index (χ1) is 5.95. The van der Waals surface area contributed by atoms with Gasteiger partial charge in [-0.15, -0.1) is 0 Å². The highest BCUT2D eigenvalue weighted by molar-refractivity contribution is 9.10. The number of nitriles is 1. The summed E-state index contributed by atoms with van der Waals surface area (Å²) < 4.78 is 22.1. The minimum absolute atomic E-state index is 0.0154. The average Bonchev–Trinajstić information content (AvgIpc) is 2.02. The number of halogens is 1. The SMILES string of the molecule is N#Cc1ccc(S(N)(=O)=O)cc1Br. The lowest BCUT2D eigenvalue weighted by Crippen LogP contribution is -2.12. The summed E-state index contributed by atoms with van der Waals surface area (Å²) >= 11 is 3.06. The third-order valence-electron chi connectivity index (χ3n) is 1.39. The van der Waals surface area contributed by atoms with E-state index in [1.165, 1.54) is 18.2 Å². The molecule has 2 N–H and O–H groups in total. The number of primary sulfonamides is 1. The van der Waals surface area contributed by atoms with Gasteiger partial charge in [-0.3, -0.25) is 0 Å². The molecule has 0 aromatic heterocycles. The summed E-state index contributed by atoms with van der Waals surface area (Å²) in [6, 6.07) is 5.87. The van der Waals surface area contributed by atoms with E-state index in [-0.39, 0.29) is 4.90 Å². The summed E-state index contributed by atoms with van der Waals surface area (Å²) in [7, 11) is -3.69. The molecule has 0 atom stereocenters. The second-order valence-corrected chi connectivity index (χ2v) is 4.71. The minimum Gasteiger partial charge on any atom is -0.225 e. The Morgan fingerprint density at radius 2 is 2.08 bits per heavy atom. The van der Waals surface area contributed by atoms with Crippen LogP contribution >= 0.6 is 15.9 Å². The Bertz CT molecular complexity index is 476. The van der Waals surface area contributed by atoms with E-state index in [9.17, 15) is 8.42 Å². The van der Waals surface area contributed by atoms with E-state index >= 15 is 0 Å². The molecule has 0 unspecified atom stereocenters. The quantitative estimate of drug-likeness (QED) is 0.817. The first kappa shape index (κ1) is 10.2. The second kappa shape index (κ2) is 3.46. The van der Waals surface area contributed by atoms with Gasteiger partial charge < -0.3 is 0 Å². The van der Waals surface area contributed by atoms with Crippen molar-refractivity contribution in [2.45, 2.75) is 4.90 Å². The lowest BCUT2D eigenvalue weighted by molar-refractivity contribution is 0.597. The van der Waals surface area contributed by atoms with Gasteiger partial charge in [0.1, 0.15) is 6.07 Å². The Morgan fingerprint density at radius 3 is 2.46 bits per heavy atom. The summed E-state index contributed by atoms with van der Waals surface area (Å²) in [6.07, 6.45) is 0. The number of hydrogen-bond donors (Lipinski definition) is 1. The summed E-state index contributed by atoms with van der Waals surface area (Å²) in [6.45, 7) is 0. The molecule has 1 rings (SSSR count). The molecule has 4 nitrogen and oxygen atoms in total. The molecule has 0 saturated carbocycles. The first-order valence-corrected chi connectivity index (χ1v) is 5.51. The zero-order chi connectivity index (χ0) is 10.1. The molecule has 6 heteroatoms. The van der Waals surface area contributed by atoms with Gasteiger partial charge in [-0.2, -0.15) is 5.26 Å². The van der Waals surface area contributed by atoms with Crippen molar-refractivity contribution >= 4 is 26.0 Å². The van der Waals surface area contributed by atoms with Crippen LogP contribution in [0.25, 0.3) is 0 Å². The molecular formula is C7H5BrN2O2S. The second-order valence-electron chi connectivity index (χ2n) is 2.30. The lowest BCUT2D eigenvalue weighted by atomic mass is 10.2. The molecule has 0 spiro atoms. The van der Waals surface area contributed by atoms with Crippen molar-refractivity contribution in [2.75, 3.05) is 0 Å². The summed E-state index contributed by atoms with van der Waals surface area (Å²) in [5, 5.41) is 13.4. The van der Waals surface area contributed by atoms with Crippen LogP contribution in [0, 0.1) is 11.3 Å². The van der Waals surface area contributed by atoms with Crippen LogP contribution in [-0.2, 0) is 10.0 Å². The molecule has 0 saturated heterocycles. The van der Waals surface area contributed by atoms with Gasteiger partial charge in [-0.25, -0.2) is 13.6 Å². The zero-order valence-electron chi connectivity index (χ0n) is 6.36. The maximum atomic E-state index is 10.9. The Labute approximate surface area is 84.2 Å². The molecule has 1 aromatic carbocycles. The topological polar surface area (TPSA) is 83.9 Å². The van der Waals surface area contributed by atoms with E-state index in [1.807, 2.05) is 6.07 Å². The van der Waals surface area contributed by atoms with E-state index in [4.69, 9.17) is 10.4 Å². The van der Waals surface area contributed by atoms with Gasteiger partial charge in [0, 0.05) is 4.47 Å². The van der Waals surface area contributed by atoms with E-state index in [0.29, 0.717) is 10.0 Å². The summed E-state index contributed by atoms with van der Waals surface area (Å²) in [4.78, 5) is -0.0154. The number of sulfonamides is 1. The van der Waals surface area contributed by atoms with Crippen molar-refractivity contribution in [3.05, 3.63) is 28.2 Å². The smallest absolute Gasteiger partial charge is 0.225 e. The van der Waals surface area contributed by atoms with Crippen LogP contribution in [-0.4, -0.2) is 8.42 Å². The van der Waals surface area contributed by atoms with Gasteiger partial charge in [-0.1, -0.05) is 0 Å². The van der Waals surface area contributed by atoms with Crippen molar-refractivity contribution in [1.29, 1.82) is 5.26 Å². The Hall–Kier alpha value is -0.900. The molecule has 0 amide bonds. The Kier molecular flexibility index (Phi) is 2.71. The lowest BCUT2D eigenvalue weighted by Gasteiger charge is -1.99. The van der Waals surface area contributed by atoms with Gasteiger partial charge in [0.15, 0.2) is 0 Å². The maximum Gasteiger partial charge on any atom is 0.238 e. The van der Waals surface area contributed by atoms with Gasteiger partial charge in [0.05, 0.1) is 10.5 Å². The zero-order valence-corrected chi connectivity index (χ0v) is 8.76. The highest BCUT2D eigenvalue weighted by Gasteiger charge is 2.09. The van der Waals surface area contributed by atoms with E-state index < -0.39 is 10.0 Å². The van der Waals surface area contributed by atoms with Crippen LogP contribution in [0.15, 0.2) is 27.6 Å². The van der Waals surface area contributed by atoms with Gasteiger partial charge in [0.2, 0.25) is 10.0 Å². The molecule has 0 heterocycles. The fraction of sp³-hybridized carbons (Fsp3) is 0. The standard InChI is InChI=1S/C7H5BrN2O2S/c8-7-3-6(13(10,11)12)2-1-5(7)4-9/h1-3H,(H2,10,11,12). The number of rotatable bonds is 1. The molecule has 0 fully saturated rings. The molecule has 0 aliphatic heterocycles. The van der Waals surface area contributed by atoms with Crippen molar-refractivity contribution in [1.82, 2.24) is 0 Å². The van der Waals surface area contributed by atoms with Crippen molar-refractivity contribution in [2.24, 2.45) is 5.14 Å². The highest BCUT2D eigenvalue weighted by Crippen LogP contribution is 2.19. The molecular weight excluding hydrogens is 256 g/mol. The molecule has 0 aliphatic rings. The van der Waals surface area contributed by atoms with Gasteiger partial charge >= 0.3 is 0 Å². The molecule has 68 valence electrons. The largest absolute Gasteiger partial charge is 0.238 e. The van der Waals surface area contributed by atoms with Crippen molar-refractivity contribution < 1.29 is 8.42 Å². The summed E-state index contributed by atoms with van der Waals surface area (Å²) in [5.74, 6) is 0. The van der Waals surface area contributed by atoms with Crippen LogP contribution in [0.1, 0.15) is 5.56 Å². The fourth-order valence-corrected chi connectivity index (χ4v) is 1.92. The van der Waals surface area contributed by atoms with Crippen LogP contribution in [0.4, 0.5) is 0 Å². The van der Waals surface area contributed by atoms with Crippen molar-refractivity contribution in [3.8, 4) is 6.07 Å². The highest BCUT2D eigenvalue weighted by atomic mass is 79.9. The van der Waals surface area contributed by atoms with Crippen LogP contribution in [0.2, 0.25) is 0 Å². The first-order valence-electron chi connectivity index (χ1n) is 3.17. The predicted molar refractivity (Wildman–Crippen MR) is 50.2 cm³/mol. The van der Waals surface area contributed by atoms with E-state index in [2.05, 4.69) is 15.9 Å². The molecule has 0 radical (unpaired) electrons. The number of nitrogens with two attached hydrogens (primary N) is 1. The Morgan fingerprint density at radius 1 is 1.46 bits per heavy atom. The summed E-state index contributed by atoms with van der Waals surface area (Å²) in [5.41, 5.74) is 0.368.